The molecule has 27 heavy (non-hydrogen) atoms. The van der Waals surface area contributed by atoms with Gasteiger partial charge in [0, 0.05) is 18.5 Å². The molecule has 140 valence electrons. The Hall–Kier alpha value is -2.94. The average molecular weight is 386 g/mol. The van der Waals surface area contributed by atoms with Gasteiger partial charge < -0.3 is 29.7 Å². The number of imidazole rings is 1. The quantitative estimate of drug-likeness (QED) is 0.642. The van der Waals surface area contributed by atoms with E-state index in [9.17, 15) is 9.59 Å². The molecule has 3 aromatic rings. The molecule has 1 fully saturated rings. The maximum absolute atomic E-state index is 12.9. The smallest absolute Gasteiger partial charge is 0.323 e. The molecular formula is C18H18N4O4S. The van der Waals surface area contributed by atoms with Crippen molar-refractivity contribution >= 4 is 39.7 Å². The number of benzene rings is 1. The van der Waals surface area contributed by atoms with Crippen molar-refractivity contribution in [2.45, 2.75) is 12.8 Å². The summed E-state index contributed by atoms with van der Waals surface area (Å²) >= 11 is 1.30. The standard InChI is InChI=1S/C18H18N4O4S/c23-17(16-15-14(9-27-16)25-5-6-26-15)19-12-7-10-11(21-18(24)20-10)8-13(12)22-3-1-2-4-22/h7-9H,1-6H2,(H,19,23)(H2,20,21,24). The minimum absolute atomic E-state index is 0.246. The second-order valence-electron chi connectivity index (χ2n) is 6.60. The van der Waals surface area contributed by atoms with Gasteiger partial charge in [-0.2, -0.15) is 0 Å². The Morgan fingerprint density at radius 1 is 1.11 bits per heavy atom. The molecule has 1 saturated heterocycles. The van der Waals surface area contributed by atoms with E-state index in [2.05, 4.69) is 20.2 Å². The van der Waals surface area contributed by atoms with Crippen LogP contribution in [0.3, 0.4) is 0 Å². The molecule has 0 unspecified atom stereocenters. The summed E-state index contributed by atoms with van der Waals surface area (Å²) in [6, 6.07) is 3.72. The van der Waals surface area contributed by atoms with Crippen LogP contribution in [0, 0.1) is 0 Å². The molecule has 1 amide bonds. The van der Waals surface area contributed by atoms with E-state index in [0.717, 1.165) is 37.1 Å². The number of aromatic amines is 2. The molecule has 0 radical (unpaired) electrons. The maximum Gasteiger partial charge on any atom is 0.323 e. The zero-order chi connectivity index (χ0) is 18.4. The SMILES string of the molecule is O=C(Nc1cc2[nH]c(=O)[nH]c2cc1N1CCCC1)c1scc2c1OCCO2. The zero-order valence-electron chi connectivity index (χ0n) is 14.5. The van der Waals surface area contributed by atoms with E-state index in [1.54, 1.807) is 11.4 Å². The number of anilines is 2. The topological polar surface area (TPSA) is 99.5 Å². The van der Waals surface area contributed by atoms with Crippen LogP contribution in [0.15, 0.2) is 22.3 Å². The summed E-state index contributed by atoms with van der Waals surface area (Å²) in [7, 11) is 0. The Morgan fingerprint density at radius 3 is 2.67 bits per heavy atom. The van der Waals surface area contributed by atoms with Gasteiger partial charge in [0.1, 0.15) is 18.1 Å². The molecule has 3 N–H and O–H groups in total. The number of hydrogen-bond donors (Lipinski definition) is 3. The fourth-order valence-electron chi connectivity index (χ4n) is 3.59. The number of amides is 1. The Balaban J connectivity index is 1.53. The maximum atomic E-state index is 12.9. The highest BCUT2D eigenvalue weighted by molar-refractivity contribution is 7.13. The van der Waals surface area contributed by atoms with Gasteiger partial charge in [0.2, 0.25) is 0 Å². The number of nitrogens with zero attached hydrogens (tertiary/aromatic N) is 1. The van der Waals surface area contributed by atoms with Crippen LogP contribution >= 0.6 is 11.3 Å². The van der Waals surface area contributed by atoms with Crippen LogP contribution < -0.4 is 25.4 Å². The number of nitrogens with one attached hydrogen (secondary N) is 3. The predicted molar refractivity (Wildman–Crippen MR) is 104 cm³/mol. The summed E-state index contributed by atoms with van der Waals surface area (Å²) < 4.78 is 11.1. The molecule has 2 aliphatic rings. The molecule has 8 nitrogen and oxygen atoms in total. The Labute approximate surface area is 158 Å². The molecule has 0 atom stereocenters. The first-order valence-corrected chi connectivity index (χ1v) is 9.76. The molecule has 0 bridgehead atoms. The molecular weight excluding hydrogens is 368 g/mol. The molecule has 0 aliphatic carbocycles. The van der Waals surface area contributed by atoms with Gasteiger partial charge in [0.05, 0.1) is 22.4 Å². The molecule has 0 spiro atoms. The van der Waals surface area contributed by atoms with Gasteiger partial charge in [-0.3, -0.25) is 4.79 Å². The Kier molecular flexibility index (Phi) is 3.82. The van der Waals surface area contributed by atoms with E-state index in [0.29, 0.717) is 40.8 Å². The second-order valence-corrected chi connectivity index (χ2v) is 7.48. The summed E-state index contributed by atoms with van der Waals surface area (Å²) in [5.41, 5.74) is 2.70. The Morgan fingerprint density at radius 2 is 1.85 bits per heavy atom. The number of aromatic nitrogens is 2. The first-order valence-electron chi connectivity index (χ1n) is 8.88. The number of H-pyrrole nitrogens is 2. The van der Waals surface area contributed by atoms with Crippen LogP contribution in [0.5, 0.6) is 11.5 Å². The molecule has 4 heterocycles. The van der Waals surface area contributed by atoms with Gasteiger partial charge in [-0.15, -0.1) is 11.3 Å². The van der Waals surface area contributed by atoms with Gasteiger partial charge in [-0.05, 0) is 25.0 Å². The van der Waals surface area contributed by atoms with Crippen molar-refractivity contribution in [1.29, 1.82) is 0 Å². The number of carbonyl (C=O) groups is 1. The van der Waals surface area contributed by atoms with Crippen LogP contribution in [-0.2, 0) is 0 Å². The van der Waals surface area contributed by atoms with Crippen LogP contribution in [0.2, 0.25) is 0 Å². The van der Waals surface area contributed by atoms with E-state index < -0.39 is 0 Å². The lowest BCUT2D eigenvalue weighted by molar-refractivity contribution is 0.102. The van der Waals surface area contributed by atoms with E-state index in [4.69, 9.17) is 9.47 Å². The van der Waals surface area contributed by atoms with Crippen LogP contribution in [0.25, 0.3) is 11.0 Å². The highest BCUT2D eigenvalue weighted by Gasteiger charge is 2.25. The lowest BCUT2D eigenvalue weighted by atomic mass is 10.2. The lowest BCUT2D eigenvalue weighted by Gasteiger charge is -2.22. The minimum atomic E-state index is -0.265. The summed E-state index contributed by atoms with van der Waals surface area (Å²) in [6.45, 7) is 2.77. The van der Waals surface area contributed by atoms with E-state index in [1.807, 2.05) is 6.07 Å². The fraction of sp³-hybridized carbons (Fsp3) is 0.333. The first kappa shape index (κ1) is 16.2. The number of hydrogen-bond acceptors (Lipinski definition) is 6. The summed E-state index contributed by atoms with van der Waals surface area (Å²) in [6.07, 6.45) is 2.22. The van der Waals surface area contributed by atoms with Crippen molar-refractivity contribution in [3.8, 4) is 11.5 Å². The number of ether oxygens (including phenoxy) is 2. The normalized spacial score (nSPS) is 16.1. The summed E-state index contributed by atoms with van der Waals surface area (Å²) in [5.74, 6) is 0.869. The second kappa shape index (κ2) is 6.34. The van der Waals surface area contributed by atoms with Crippen LogP contribution in [0.4, 0.5) is 11.4 Å². The third-order valence-electron chi connectivity index (χ3n) is 4.83. The average Bonchev–Trinajstić information content (AvgIpc) is 3.39. The van der Waals surface area contributed by atoms with Gasteiger partial charge in [-0.25, -0.2) is 4.79 Å². The zero-order valence-corrected chi connectivity index (χ0v) is 15.3. The molecule has 5 rings (SSSR count). The van der Waals surface area contributed by atoms with Gasteiger partial charge in [0.15, 0.2) is 11.5 Å². The van der Waals surface area contributed by atoms with Crippen molar-refractivity contribution in [3.05, 3.63) is 32.9 Å². The van der Waals surface area contributed by atoms with Gasteiger partial charge >= 0.3 is 5.69 Å². The molecule has 9 heteroatoms. The van der Waals surface area contributed by atoms with Crippen molar-refractivity contribution in [1.82, 2.24) is 9.97 Å². The van der Waals surface area contributed by atoms with Crippen molar-refractivity contribution < 1.29 is 14.3 Å². The lowest BCUT2D eigenvalue weighted by Crippen LogP contribution is -2.21. The Bertz CT molecular complexity index is 1080. The van der Waals surface area contributed by atoms with E-state index in [1.165, 1.54) is 11.3 Å². The van der Waals surface area contributed by atoms with E-state index >= 15 is 0 Å². The van der Waals surface area contributed by atoms with Crippen molar-refractivity contribution in [2.75, 3.05) is 36.5 Å². The van der Waals surface area contributed by atoms with Gasteiger partial charge in [-0.1, -0.05) is 0 Å². The number of carbonyl (C=O) groups excluding carboxylic acids is 1. The third kappa shape index (κ3) is 2.84. The number of fused-ring (bicyclic) bond motifs is 2. The van der Waals surface area contributed by atoms with Gasteiger partial charge in [0.25, 0.3) is 5.91 Å². The summed E-state index contributed by atoms with van der Waals surface area (Å²) in [4.78, 5) is 32.8. The highest BCUT2D eigenvalue weighted by Crippen LogP contribution is 2.40. The third-order valence-corrected chi connectivity index (χ3v) is 5.77. The van der Waals surface area contributed by atoms with Crippen LogP contribution in [-0.4, -0.2) is 42.2 Å². The molecule has 0 saturated carbocycles. The molecule has 2 aromatic heterocycles. The van der Waals surface area contributed by atoms with E-state index in [-0.39, 0.29) is 11.6 Å². The minimum Gasteiger partial charge on any atom is -0.485 e. The first-order chi connectivity index (χ1) is 13.2. The largest absolute Gasteiger partial charge is 0.485 e. The fourth-order valence-corrected chi connectivity index (χ4v) is 4.41. The monoisotopic (exact) mass is 386 g/mol. The molecule has 1 aromatic carbocycles. The van der Waals surface area contributed by atoms with Crippen molar-refractivity contribution in [2.24, 2.45) is 0 Å². The number of rotatable bonds is 3. The summed E-state index contributed by atoms with van der Waals surface area (Å²) in [5, 5.41) is 4.79. The van der Waals surface area contributed by atoms with Crippen molar-refractivity contribution in [3.63, 3.8) is 0 Å². The van der Waals surface area contributed by atoms with Crippen LogP contribution in [0.1, 0.15) is 22.5 Å². The number of thiophene rings is 1. The predicted octanol–water partition coefficient (Wildman–Crippen LogP) is 2.54. The molecule has 2 aliphatic heterocycles. The highest BCUT2D eigenvalue weighted by atomic mass is 32.1.